The summed E-state index contributed by atoms with van der Waals surface area (Å²) in [6, 6.07) is 15.7. The van der Waals surface area contributed by atoms with Crippen LogP contribution in [0.2, 0.25) is 0 Å². The zero-order valence-electron chi connectivity index (χ0n) is 16.6. The monoisotopic (exact) mass is 395 g/mol. The number of aryl methyl sites for hydroxylation is 1. The highest BCUT2D eigenvalue weighted by molar-refractivity contribution is 5.93. The number of aromatic nitrogens is 2. The van der Waals surface area contributed by atoms with E-state index in [2.05, 4.69) is 5.10 Å². The number of para-hydroxylation sites is 1. The van der Waals surface area contributed by atoms with Crippen LogP contribution in [-0.2, 0) is 16.1 Å². The van der Waals surface area contributed by atoms with E-state index in [1.807, 2.05) is 30.3 Å². The summed E-state index contributed by atoms with van der Waals surface area (Å²) in [7, 11) is 1.53. The minimum Gasteiger partial charge on any atom is -0.452 e. The fourth-order valence-corrected chi connectivity index (χ4v) is 3.04. The van der Waals surface area contributed by atoms with Crippen molar-refractivity contribution in [3.63, 3.8) is 0 Å². The lowest BCUT2D eigenvalue weighted by molar-refractivity contribution is -0.133. The van der Waals surface area contributed by atoms with Gasteiger partial charge in [0.25, 0.3) is 5.91 Å². The van der Waals surface area contributed by atoms with E-state index in [9.17, 15) is 14.0 Å². The SMILES string of the molecule is Cc1nn(-c2ccccc2)c(C)c1C(=O)OCC(=O)N(C)Cc1ccccc1F. The molecule has 0 spiro atoms. The van der Waals surface area contributed by atoms with Gasteiger partial charge in [-0.1, -0.05) is 36.4 Å². The van der Waals surface area contributed by atoms with E-state index >= 15 is 0 Å². The summed E-state index contributed by atoms with van der Waals surface area (Å²) in [4.78, 5) is 26.2. The van der Waals surface area contributed by atoms with Crippen LogP contribution in [0.25, 0.3) is 5.69 Å². The number of halogens is 1. The average Bonchev–Trinajstić information content (AvgIpc) is 3.02. The molecule has 0 aliphatic rings. The molecule has 150 valence electrons. The van der Waals surface area contributed by atoms with Gasteiger partial charge in [0.05, 0.1) is 17.1 Å². The van der Waals surface area contributed by atoms with Gasteiger partial charge in [-0.25, -0.2) is 13.9 Å². The number of nitrogens with zero attached hydrogens (tertiary/aromatic N) is 3. The van der Waals surface area contributed by atoms with Crippen LogP contribution in [0.3, 0.4) is 0 Å². The molecule has 3 aromatic rings. The fourth-order valence-electron chi connectivity index (χ4n) is 3.04. The highest BCUT2D eigenvalue weighted by Gasteiger charge is 2.22. The van der Waals surface area contributed by atoms with Gasteiger partial charge in [0.1, 0.15) is 11.4 Å². The van der Waals surface area contributed by atoms with Gasteiger partial charge < -0.3 is 9.64 Å². The Morgan fingerprint density at radius 2 is 1.72 bits per heavy atom. The van der Waals surface area contributed by atoms with Crippen LogP contribution in [0.15, 0.2) is 54.6 Å². The third kappa shape index (κ3) is 4.51. The molecule has 7 heteroatoms. The van der Waals surface area contributed by atoms with Gasteiger partial charge in [0, 0.05) is 19.2 Å². The van der Waals surface area contributed by atoms with Crippen molar-refractivity contribution in [1.82, 2.24) is 14.7 Å². The lowest BCUT2D eigenvalue weighted by Crippen LogP contribution is -2.31. The van der Waals surface area contributed by atoms with Crippen molar-refractivity contribution in [3.8, 4) is 5.69 Å². The summed E-state index contributed by atoms with van der Waals surface area (Å²) >= 11 is 0. The van der Waals surface area contributed by atoms with Gasteiger partial charge in [-0.3, -0.25) is 4.79 Å². The molecule has 1 aromatic heterocycles. The standard InChI is InChI=1S/C22H22FN3O3/c1-15-21(16(2)26(24-15)18-10-5-4-6-11-18)22(28)29-14-20(27)25(3)13-17-9-7-8-12-19(17)23/h4-12H,13-14H2,1-3H3. The van der Waals surface area contributed by atoms with Crippen LogP contribution < -0.4 is 0 Å². The zero-order chi connectivity index (χ0) is 21.0. The molecule has 0 saturated carbocycles. The molecule has 0 unspecified atom stereocenters. The Bertz CT molecular complexity index is 1030. The molecular formula is C22H22FN3O3. The first-order valence-electron chi connectivity index (χ1n) is 9.14. The first kappa shape index (κ1) is 20.3. The number of benzene rings is 2. The molecule has 1 amide bonds. The number of amides is 1. The molecule has 0 N–H and O–H groups in total. The summed E-state index contributed by atoms with van der Waals surface area (Å²) in [5.74, 6) is -1.43. The second-order valence-corrected chi connectivity index (χ2v) is 6.71. The van der Waals surface area contributed by atoms with Gasteiger partial charge >= 0.3 is 5.97 Å². The highest BCUT2D eigenvalue weighted by atomic mass is 19.1. The van der Waals surface area contributed by atoms with Crippen LogP contribution in [0.5, 0.6) is 0 Å². The Labute approximate surface area is 168 Å². The van der Waals surface area contributed by atoms with Crippen LogP contribution >= 0.6 is 0 Å². The van der Waals surface area contributed by atoms with Crippen molar-refractivity contribution in [2.75, 3.05) is 13.7 Å². The largest absolute Gasteiger partial charge is 0.452 e. The average molecular weight is 395 g/mol. The maximum absolute atomic E-state index is 13.7. The number of ether oxygens (including phenoxy) is 1. The minimum absolute atomic E-state index is 0.0903. The summed E-state index contributed by atoms with van der Waals surface area (Å²) in [5, 5.41) is 4.41. The maximum Gasteiger partial charge on any atom is 0.342 e. The van der Waals surface area contributed by atoms with Gasteiger partial charge in [-0.2, -0.15) is 5.10 Å². The van der Waals surface area contributed by atoms with Crippen molar-refractivity contribution < 1.29 is 18.7 Å². The Kier molecular flexibility index (Phi) is 6.07. The second kappa shape index (κ2) is 8.68. The third-order valence-electron chi connectivity index (χ3n) is 4.61. The third-order valence-corrected chi connectivity index (χ3v) is 4.61. The van der Waals surface area contributed by atoms with Crippen LogP contribution in [0.4, 0.5) is 4.39 Å². The van der Waals surface area contributed by atoms with Crippen molar-refractivity contribution in [2.24, 2.45) is 0 Å². The molecule has 0 saturated heterocycles. The highest BCUT2D eigenvalue weighted by Crippen LogP contribution is 2.19. The Balaban J connectivity index is 1.66. The maximum atomic E-state index is 13.7. The molecule has 0 aliphatic carbocycles. The lowest BCUT2D eigenvalue weighted by Gasteiger charge is -2.17. The number of carbonyl (C=O) groups is 2. The molecule has 0 aliphatic heterocycles. The van der Waals surface area contributed by atoms with Gasteiger partial charge in [-0.05, 0) is 32.0 Å². The number of rotatable bonds is 6. The molecule has 1 heterocycles. The molecular weight excluding hydrogens is 373 g/mol. The summed E-state index contributed by atoms with van der Waals surface area (Å²) < 4.78 is 20.6. The first-order valence-corrected chi connectivity index (χ1v) is 9.14. The fraction of sp³-hybridized carbons (Fsp3) is 0.227. The predicted octanol–water partition coefficient (Wildman–Crippen LogP) is 3.44. The molecule has 3 rings (SSSR count). The van der Waals surface area contributed by atoms with Gasteiger partial charge in [-0.15, -0.1) is 0 Å². The Morgan fingerprint density at radius 1 is 1.07 bits per heavy atom. The summed E-state index contributed by atoms with van der Waals surface area (Å²) in [6.07, 6.45) is 0. The van der Waals surface area contributed by atoms with Crippen molar-refractivity contribution in [1.29, 1.82) is 0 Å². The van der Waals surface area contributed by atoms with E-state index in [0.717, 1.165) is 5.69 Å². The number of hydrogen-bond donors (Lipinski definition) is 0. The number of carbonyl (C=O) groups excluding carboxylic acids is 2. The number of esters is 1. The molecule has 0 atom stereocenters. The molecule has 0 fully saturated rings. The lowest BCUT2D eigenvalue weighted by atomic mass is 10.2. The predicted molar refractivity (Wildman–Crippen MR) is 106 cm³/mol. The molecule has 29 heavy (non-hydrogen) atoms. The Hall–Kier alpha value is -3.48. The van der Waals surface area contributed by atoms with Crippen LogP contribution in [0, 0.1) is 19.7 Å². The van der Waals surface area contributed by atoms with E-state index < -0.39 is 18.5 Å². The van der Waals surface area contributed by atoms with Crippen molar-refractivity contribution >= 4 is 11.9 Å². The van der Waals surface area contributed by atoms with E-state index in [-0.39, 0.29) is 12.4 Å². The van der Waals surface area contributed by atoms with E-state index in [4.69, 9.17) is 4.74 Å². The van der Waals surface area contributed by atoms with Crippen LogP contribution in [0.1, 0.15) is 27.3 Å². The Morgan fingerprint density at radius 3 is 2.41 bits per heavy atom. The first-order chi connectivity index (χ1) is 13.9. The minimum atomic E-state index is -0.616. The van der Waals surface area contributed by atoms with Gasteiger partial charge in [0.15, 0.2) is 6.61 Å². The quantitative estimate of drug-likeness (QED) is 0.600. The summed E-state index contributed by atoms with van der Waals surface area (Å²) in [5.41, 5.74) is 2.70. The van der Waals surface area contributed by atoms with Gasteiger partial charge in [0.2, 0.25) is 0 Å². The summed E-state index contributed by atoms with van der Waals surface area (Å²) in [6.45, 7) is 3.15. The topological polar surface area (TPSA) is 64.4 Å². The molecule has 0 radical (unpaired) electrons. The normalized spacial score (nSPS) is 10.6. The van der Waals surface area contributed by atoms with E-state index in [0.29, 0.717) is 22.5 Å². The zero-order valence-corrected chi connectivity index (χ0v) is 16.6. The van der Waals surface area contributed by atoms with Crippen molar-refractivity contribution in [3.05, 3.63) is 82.9 Å². The molecule has 0 bridgehead atoms. The van der Waals surface area contributed by atoms with E-state index in [1.165, 1.54) is 18.0 Å². The number of likely N-dealkylation sites (N-methyl/N-ethyl adjacent to an activating group) is 1. The smallest absolute Gasteiger partial charge is 0.342 e. The van der Waals surface area contributed by atoms with Crippen LogP contribution in [-0.4, -0.2) is 40.2 Å². The van der Waals surface area contributed by atoms with Crippen molar-refractivity contribution in [2.45, 2.75) is 20.4 Å². The molecule has 2 aromatic carbocycles. The number of hydrogen-bond acceptors (Lipinski definition) is 4. The second-order valence-electron chi connectivity index (χ2n) is 6.71. The van der Waals surface area contributed by atoms with E-state index in [1.54, 1.807) is 36.7 Å². The molecule has 6 nitrogen and oxygen atoms in total.